The van der Waals surface area contributed by atoms with Crippen LogP contribution in [0.4, 0.5) is 0 Å². The number of aromatic nitrogens is 1. The van der Waals surface area contributed by atoms with Crippen molar-refractivity contribution in [3.05, 3.63) is 102 Å². The number of para-hydroxylation sites is 1. The highest BCUT2D eigenvalue weighted by atomic mass is 33.1. The van der Waals surface area contributed by atoms with Crippen LogP contribution in [0.1, 0.15) is 113 Å². The van der Waals surface area contributed by atoms with Crippen LogP contribution in [-0.2, 0) is 76.8 Å². The first kappa shape index (κ1) is 76.9. The van der Waals surface area contributed by atoms with E-state index < -0.39 is 138 Å². The number of hydrogen-bond acceptors (Lipinski definition) is 17. The first-order valence-corrected chi connectivity index (χ1v) is 35.9. The molecule has 3 heterocycles. The van der Waals surface area contributed by atoms with Crippen molar-refractivity contribution in [3.63, 3.8) is 0 Å². The lowest BCUT2D eigenvalue weighted by molar-refractivity contribution is -0.139. The molecule has 20 N–H and O–H groups in total. The third-order valence-electron chi connectivity index (χ3n) is 17.4. The number of fused-ring (bicyclic) bond motifs is 1. The number of primary amides is 1. The molecule has 0 unspecified atom stereocenters. The van der Waals surface area contributed by atoms with Gasteiger partial charge in [-0.3, -0.25) is 62.5 Å². The van der Waals surface area contributed by atoms with Gasteiger partial charge in [-0.1, -0.05) is 102 Å². The quantitative estimate of drug-likeness (QED) is 0.0222. The molecular weight excluding hydrogens is 1320 g/mol. The Labute approximate surface area is 581 Å². The van der Waals surface area contributed by atoms with E-state index in [1.165, 1.54) is 29.2 Å². The van der Waals surface area contributed by atoms with Gasteiger partial charge >= 0.3 is 5.97 Å². The summed E-state index contributed by atoms with van der Waals surface area (Å²) in [5.41, 5.74) is 25.3. The van der Waals surface area contributed by atoms with E-state index in [9.17, 15) is 58.2 Å². The highest BCUT2D eigenvalue weighted by molar-refractivity contribution is 8.76. The number of benzene rings is 3. The lowest BCUT2D eigenvalue weighted by Crippen LogP contribution is -2.61. The van der Waals surface area contributed by atoms with Crippen LogP contribution in [0.2, 0.25) is 0 Å². The molecular formula is C67H92N16O14S2. The number of aromatic hydroxyl groups is 1. The van der Waals surface area contributed by atoms with E-state index in [1.807, 2.05) is 18.2 Å². The Morgan fingerprint density at radius 2 is 1.32 bits per heavy atom. The Balaban J connectivity index is 1.23. The molecule has 0 spiro atoms. The first-order valence-electron chi connectivity index (χ1n) is 33.4. The molecule has 1 aliphatic carbocycles. The third kappa shape index (κ3) is 24.5. The largest absolute Gasteiger partial charge is 0.508 e. The smallest absolute Gasteiger partial charge is 0.303 e. The number of nitrogens with zero attached hydrogens (tertiary/aromatic N) is 2. The van der Waals surface area contributed by atoms with Crippen LogP contribution in [0, 0.1) is 5.92 Å². The van der Waals surface area contributed by atoms with E-state index >= 15 is 9.59 Å². The van der Waals surface area contributed by atoms with E-state index in [4.69, 9.17) is 22.9 Å². The van der Waals surface area contributed by atoms with Crippen LogP contribution in [0.3, 0.4) is 0 Å². The van der Waals surface area contributed by atoms with Crippen LogP contribution < -0.4 is 70.8 Å². The topological polar surface area (TPSA) is 489 Å². The van der Waals surface area contributed by atoms with Gasteiger partial charge < -0.3 is 90.9 Å². The zero-order valence-corrected chi connectivity index (χ0v) is 56.8. The minimum atomic E-state index is -1.59. The molecule has 0 radical (unpaired) electrons. The number of phenols is 1. The number of rotatable bonds is 21. The van der Waals surface area contributed by atoms with Crippen LogP contribution in [-0.4, -0.2) is 189 Å². The maximum absolute atomic E-state index is 15.2. The van der Waals surface area contributed by atoms with Gasteiger partial charge in [-0.25, -0.2) is 0 Å². The Bertz CT molecular complexity index is 3480. The summed E-state index contributed by atoms with van der Waals surface area (Å²) in [6, 6.07) is 9.70. The Kier molecular flexibility index (Phi) is 30.5. The van der Waals surface area contributed by atoms with E-state index in [-0.39, 0.29) is 107 Å². The van der Waals surface area contributed by atoms with E-state index in [0.717, 1.165) is 32.5 Å². The van der Waals surface area contributed by atoms with Crippen LogP contribution >= 0.6 is 21.6 Å². The van der Waals surface area contributed by atoms with Gasteiger partial charge in [-0.2, -0.15) is 0 Å². The number of hydrogen-bond donors (Lipinski definition) is 16. The summed E-state index contributed by atoms with van der Waals surface area (Å²) in [7, 11) is 1.86. The fraction of sp³-hybridized carbons (Fsp3) is 0.507. The van der Waals surface area contributed by atoms with Crippen LogP contribution in [0.15, 0.2) is 90.1 Å². The second-order valence-electron chi connectivity index (χ2n) is 24.9. The number of guanidine groups is 1. The number of carboxylic acid groups (broad SMARTS) is 1. The van der Waals surface area contributed by atoms with Gasteiger partial charge in [0.05, 0.1) is 0 Å². The summed E-state index contributed by atoms with van der Waals surface area (Å²) in [6.07, 6.45) is 4.66. The zero-order valence-electron chi connectivity index (χ0n) is 55.1. The SMILES string of the molecule is NCCC(=O)N1CCC[C@H]1C(=O)N[C@@H](Cc1ccc(O)cc1)C(=O)N[C@H]1CSSC[C@@H](C(N)=O)NC(=O)[C@H](CCC(=O)O)NC(=O)[C@H](Cc2c[nH]c3ccccc23)NC(=O)CCCCCNC(=O)[C@H](CCCN=C(N)N)NC(=O)[C@H](Cc2ccccc2)NC(=O)[C@H](C2CCCC2)NC1=O. The van der Waals surface area contributed by atoms with Crippen molar-refractivity contribution in [3.8, 4) is 5.75 Å². The number of phenolic OH excluding ortho intramolecular Hbond substituents is 1. The number of carbonyl (C=O) groups excluding carboxylic acids is 11. The van der Waals surface area contributed by atoms with Gasteiger partial charge in [0, 0.05) is 93.3 Å². The van der Waals surface area contributed by atoms with Crippen molar-refractivity contribution in [1.29, 1.82) is 0 Å². The molecule has 99 heavy (non-hydrogen) atoms. The molecule has 2 saturated heterocycles. The van der Waals surface area contributed by atoms with Crippen molar-refractivity contribution in [2.24, 2.45) is 33.8 Å². The molecule has 536 valence electrons. The molecule has 3 fully saturated rings. The molecule has 0 bridgehead atoms. The molecule has 4 aromatic rings. The Morgan fingerprint density at radius 1 is 0.657 bits per heavy atom. The summed E-state index contributed by atoms with van der Waals surface area (Å²) in [5, 5.41) is 45.6. The number of H-pyrrole nitrogens is 1. The van der Waals surface area contributed by atoms with Crippen LogP contribution in [0.25, 0.3) is 10.9 Å². The standard InChI is InChI=1S/C67H92N16O14S2/c68-29-28-55(86)83-32-12-20-53(83)65(96)78-48(34-40-22-24-43(84)25-23-40)62(93)81-52-38-99-98-37-51(58(69)89)80-60(91)47(26-27-56(87)88)77-63(94)50(35-42-36-74-45-18-9-8-17-44(42)45)75-54(85)21-5-2-10-30-72-59(90)46(19-11-31-73-67(70)71)76-61(92)49(33-39-13-3-1-4-14-39)79-66(97)57(82-64(52)95)41-15-6-7-16-41/h1,3-4,8-9,13-14,17-18,22-25,36,41,46-53,57,74,84H,2,5-7,10-12,15-16,19-21,26-35,37-38,68H2,(H2,69,89)(H,72,90)(H,75,85)(H,76,92)(H,77,94)(H,78,96)(H,79,97)(H,80,91)(H,81,93)(H,82,95)(H,87,88)(H4,70,71,73)/t46-,47-,48-,49-,50-,51-,52-,53-,57-/m0/s1. The van der Waals surface area contributed by atoms with Gasteiger partial charge in [0.2, 0.25) is 65.0 Å². The van der Waals surface area contributed by atoms with E-state index in [2.05, 4.69) is 57.8 Å². The normalized spacial score (nSPS) is 23.0. The maximum atomic E-state index is 15.2. The summed E-state index contributed by atoms with van der Waals surface area (Å²) in [6.45, 7) is 0.529. The number of aromatic amines is 1. The van der Waals surface area contributed by atoms with Gasteiger partial charge in [-0.05, 0) is 98.6 Å². The molecule has 2 aliphatic heterocycles. The average molecular weight is 1410 g/mol. The van der Waals surface area contributed by atoms with Crippen molar-refractivity contribution in [1.82, 2.24) is 57.7 Å². The molecule has 30 nitrogen and oxygen atoms in total. The first-order chi connectivity index (χ1) is 47.6. The van der Waals surface area contributed by atoms with Gasteiger partial charge in [-0.15, -0.1) is 0 Å². The highest BCUT2D eigenvalue weighted by Crippen LogP contribution is 2.30. The molecule has 7 rings (SSSR count). The summed E-state index contributed by atoms with van der Waals surface area (Å²) < 4.78 is 0. The van der Waals surface area contributed by atoms with Crippen molar-refractivity contribution in [2.45, 2.75) is 170 Å². The summed E-state index contributed by atoms with van der Waals surface area (Å²) in [4.78, 5) is 178. The average Bonchev–Trinajstić information content (AvgIpc) is 1.79. The number of aliphatic imine (C=N–C) groups is 1. The lowest BCUT2D eigenvalue weighted by atomic mass is 9.95. The lowest BCUT2D eigenvalue weighted by Gasteiger charge is -2.30. The molecule has 3 aliphatic rings. The van der Waals surface area contributed by atoms with Gasteiger partial charge in [0.25, 0.3) is 0 Å². The molecule has 1 aromatic heterocycles. The highest BCUT2D eigenvalue weighted by Gasteiger charge is 2.40. The Morgan fingerprint density at radius 3 is 2.02 bits per heavy atom. The van der Waals surface area contributed by atoms with Crippen molar-refractivity contribution in [2.75, 3.05) is 37.7 Å². The summed E-state index contributed by atoms with van der Waals surface area (Å²) in [5.74, 6) is -10.9. The van der Waals surface area contributed by atoms with Gasteiger partial charge in [0.1, 0.15) is 60.1 Å². The number of carboxylic acids is 1. The zero-order chi connectivity index (χ0) is 71.4. The molecule has 3 aromatic carbocycles. The number of likely N-dealkylation sites (tertiary alicyclic amines) is 1. The van der Waals surface area contributed by atoms with Gasteiger partial charge in [0.15, 0.2) is 5.96 Å². The predicted molar refractivity (Wildman–Crippen MR) is 372 cm³/mol. The van der Waals surface area contributed by atoms with Crippen molar-refractivity contribution < 1.29 is 67.7 Å². The van der Waals surface area contributed by atoms with Crippen molar-refractivity contribution >= 4 is 109 Å². The minimum Gasteiger partial charge on any atom is -0.508 e. The van der Waals surface area contributed by atoms with E-state index in [1.54, 1.807) is 42.6 Å². The monoisotopic (exact) mass is 1410 g/mol. The molecule has 32 heteroatoms. The molecule has 1 saturated carbocycles. The third-order valence-corrected chi connectivity index (χ3v) is 19.9. The number of carbonyl (C=O) groups is 12. The number of nitrogens with one attached hydrogen (secondary N) is 10. The number of aliphatic carboxylic acids is 1. The fourth-order valence-corrected chi connectivity index (χ4v) is 14.5. The van der Waals surface area contributed by atoms with E-state index in [0.29, 0.717) is 68.1 Å². The maximum Gasteiger partial charge on any atom is 0.303 e. The minimum absolute atomic E-state index is 0.0233. The number of amides is 11. The molecule has 9 atom stereocenters. The molecule has 11 amide bonds. The second kappa shape index (κ2) is 39.2. The second-order valence-corrected chi connectivity index (χ2v) is 27.4. The predicted octanol–water partition coefficient (Wildman–Crippen LogP) is -0.215. The fourth-order valence-electron chi connectivity index (χ4n) is 12.1. The van der Waals surface area contributed by atoms with Crippen LogP contribution in [0.5, 0.6) is 5.75 Å². The summed E-state index contributed by atoms with van der Waals surface area (Å²) >= 11 is 0. The number of nitrogens with two attached hydrogens (primary N) is 4. The Hall–Kier alpha value is -9.43.